The maximum atomic E-state index is 13.7. The Balaban J connectivity index is 1.48. The van der Waals surface area contributed by atoms with Crippen LogP contribution < -0.4 is 24.4 Å². The van der Waals surface area contributed by atoms with Gasteiger partial charge in [-0.1, -0.05) is 79.3 Å². The maximum Gasteiger partial charge on any atom is 0.283 e. The van der Waals surface area contributed by atoms with Gasteiger partial charge in [0, 0.05) is 32.8 Å². The van der Waals surface area contributed by atoms with Gasteiger partial charge >= 0.3 is 0 Å². The van der Waals surface area contributed by atoms with Crippen LogP contribution in [0.15, 0.2) is 93.6 Å². The number of benzene rings is 3. The number of thioether (sulfide) groups is 1. The summed E-state index contributed by atoms with van der Waals surface area (Å²) in [6.45, 7) is 8.93. The number of hydrogen-bond donors (Lipinski definition) is 1. The molecule has 0 bridgehead atoms. The van der Waals surface area contributed by atoms with E-state index in [-0.39, 0.29) is 5.56 Å². The number of nitrogens with zero attached hydrogens (tertiary/aromatic N) is 2. The molecule has 11 heteroatoms. The highest BCUT2D eigenvalue weighted by Crippen LogP contribution is 2.49. The van der Waals surface area contributed by atoms with E-state index < -0.39 is 16.0 Å². The molecule has 48 heavy (non-hydrogen) atoms. The molecule has 2 aromatic heterocycles. The highest BCUT2D eigenvalue weighted by Gasteiger charge is 2.29. The Hall–Kier alpha value is -3.87. The molecule has 7 nitrogen and oxygen atoms in total. The number of hydrogen-bond acceptors (Lipinski definition) is 8. The first-order valence-electron chi connectivity index (χ1n) is 15.7. The molecule has 0 spiro atoms. The summed E-state index contributed by atoms with van der Waals surface area (Å²) >= 11 is 4.54. The van der Waals surface area contributed by atoms with E-state index in [0.29, 0.717) is 34.1 Å². The molecule has 0 unspecified atom stereocenters. The lowest BCUT2D eigenvalue weighted by Gasteiger charge is -2.19. The van der Waals surface area contributed by atoms with Crippen molar-refractivity contribution in [2.24, 2.45) is 0 Å². The van der Waals surface area contributed by atoms with Crippen molar-refractivity contribution in [1.82, 2.24) is 4.57 Å². The standard InChI is InChI=1S/C37H36N2O5S4/c1-5-27-31(47-36(26-16-12-9-13-17-26)35(27)25-14-10-8-11-15-25)22-34-38(6-2)37(40)30(45-34)18-19-33-39(23-48(41,42)43)28-21-29(44-7-3)24(4)20-32(28)46-33/h8-22H,5-7,23H2,1-4H3,(H,41,42,43)/b30-18-,33-19+,34-22?. The average molecular weight is 717 g/mol. The van der Waals surface area contributed by atoms with Crippen molar-refractivity contribution >= 4 is 62.4 Å². The molecular weight excluding hydrogens is 681 g/mol. The number of fused-ring (bicyclic) bond motifs is 1. The lowest BCUT2D eigenvalue weighted by atomic mass is 9.96. The van der Waals surface area contributed by atoms with E-state index in [9.17, 15) is 17.8 Å². The van der Waals surface area contributed by atoms with Crippen molar-refractivity contribution in [3.05, 3.63) is 119 Å². The first-order chi connectivity index (χ1) is 23.1. The number of thiophene rings is 1. The predicted octanol–water partition coefficient (Wildman–Crippen LogP) is 7.50. The molecule has 1 N–H and O–H groups in total. The monoisotopic (exact) mass is 716 g/mol. The zero-order valence-electron chi connectivity index (χ0n) is 27.1. The van der Waals surface area contributed by atoms with Crippen molar-refractivity contribution in [3.8, 4) is 27.3 Å². The third-order valence-electron chi connectivity index (χ3n) is 7.99. The quantitative estimate of drug-likeness (QED) is 0.150. The van der Waals surface area contributed by atoms with Gasteiger partial charge in [-0.15, -0.1) is 22.7 Å². The summed E-state index contributed by atoms with van der Waals surface area (Å²) in [5, 5.41) is 0.587. The first-order valence-corrected chi connectivity index (χ1v) is 19.8. The van der Waals surface area contributed by atoms with Crippen LogP contribution in [0.2, 0.25) is 0 Å². The molecular formula is C37H36N2O5S4. The maximum absolute atomic E-state index is 13.7. The van der Waals surface area contributed by atoms with Gasteiger partial charge in [-0.05, 0) is 73.7 Å². The van der Waals surface area contributed by atoms with Crippen molar-refractivity contribution in [1.29, 1.82) is 0 Å². The molecule has 0 saturated carbocycles. The molecule has 3 aromatic carbocycles. The minimum Gasteiger partial charge on any atom is -0.494 e. The van der Waals surface area contributed by atoms with E-state index in [2.05, 4.69) is 61.5 Å². The highest BCUT2D eigenvalue weighted by molar-refractivity contribution is 8.03. The summed E-state index contributed by atoms with van der Waals surface area (Å²) in [5.41, 5.74) is 6.23. The molecule has 1 aliphatic rings. The van der Waals surface area contributed by atoms with Crippen molar-refractivity contribution in [3.63, 3.8) is 0 Å². The highest BCUT2D eigenvalue weighted by atomic mass is 32.2. The van der Waals surface area contributed by atoms with Gasteiger partial charge in [-0.2, -0.15) is 8.42 Å². The Kier molecular flexibility index (Phi) is 10.1. The fourth-order valence-corrected chi connectivity index (χ4v) is 10.2. The van der Waals surface area contributed by atoms with E-state index in [1.165, 1.54) is 39.1 Å². The van der Waals surface area contributed by atoms with Crippen LogP contribution in [0.3, 0.4) is 0 Å². The van der Waals surface area contributed by atoms with Crippen molar-refractivity contribution < 1.29 is 17.7 Å². The van der Waals surface area contributed by atoms with Crippen LogP contribution in [0.5, 0.6) is 5.75 Å². The fraction of sp³-hybridized carbons (Fsp3) is 0.216. The van der Waals surface area contributed by atoms with Gasteiger partial charge in [0.2, 0.25) is 0 Å². The molecule has 0 aliphatic carbocycles. The van der Waals surface area contributed by atoms with E-state index in [1.54, 1.807) is 39.0 Å². The van der Waals surface area contributed by atoms with Gasteiger partial charge in [-0.25, -0.2) is 0 Å². The number of rotatable bonds is 10. The molecule has 0 atom stereocenters. The van der Waals surface area contributed by atoms with Gasteiger partial charge in [0.25, 0.3) is 15.7 Å². The third kappa shape index (κ3) is 6.97. The van der Waals surface area contributed by atoms with Crippen LogP contribution in [0.4, 0.5) is 5.69 Å². The second-order valence-electron chi connectivity index (χ2n) is 11.2. The molecule has 0 saturated heterocycles. The zero-order valence-corrected chi connectivity index (χ0v) is 30.4. The van der Waals surface area contributed by atoms with E-state index in [0.717, 1.165) is 37.5 Å². The Morgan fingerprint density at radius 1 is 0.917 bits per heavy atom. The Morgan fingerprint density at radius 3 is 2.23 bits per heavy atom. The van der Waals surface area contributed by atoms with E-state index in [4.69, 9.17) is 4.74 Å². The molecule has 1 aliphatic heterocycles. The number of thiazole rings is 1. The number of allylic oxidation sites excluding steroid dienone is 1. The smallest absolute Gasteiger partial charge is 0.283 e. The van der Waals surface area contributed by atoms with Crippen LogP contribution >= 0.6 is 34.4 Å². The summed E-state index contributed by atoms with van der Waals surface area (Å²) in [4.78, 5) is 18.4. The van der Waals surface area contributed by atoms with Crippen molar-refractivity contribution in [2.45, 2.75) is 45.6 Å². The normalized spacial score (nSPS) is 14.7. The molecule has 3 heterocycles. The largest absolute Gasteiger partial charge is 0.494 e. The van der Waals surface area contributed by atoms with Gasteiger partial charge < -0.3 is 9.64 Å². The minimum atomic E-state index is -4.35. The Bertz CT molecular complexity index is 2290. The minimum absolute atomic E-state index is 0.108. The molecule has 248 valence electrons. The van der Waals surface area contributed by atoms with Crippen LogP contribution in [0.25, 0.3) is 33.7 Å². The van der Waals surface area contributed by atoms with Crippen LogP contribution in [-0.4, -0.2) is 30.0 Å². The molecule has 0 fully saturated rings. The Morgan fingerprint density at radius 2 is 1.60 bits per heavy atom. The predicted molar refractivity (Wildman–Crippen MR) is 201 cm³/mol. The summed E-state index contributed by atoms with van der Waals surface area (Å²) in [6.07, 6.45) is 6.47. The summed E-state index contributed by atoms with van der Waals surface area (Å²) < 4.78 is 42.8. The van der Waals surface area contributed by atoms with Gasteiger partial charge in [0.05, 0.1) is 26.5 Å². The Labute approximate surface area is 292 Å². The topological polar surface area (TPSA) is 88.8 Å². The van der Waals surface area contributed by atoms with E-state index >= 15 is 0 Å². The second kappa shape index (κ2) is 14.3. The lowest BCUT2D eigenvalue weighted by Crippen LogP contribution is -2.30. The van der Waals surface area contributed by atoms with Crippen LogP contribution in [0, 0.1) is 6.92 Å². The number of aryl methyl sites for hydroxylation is 1. The van der Waals surface area contributed by atoms with Crippen LogP contribution in [0.1, 0.15) is 36.8 Å². The summed E-state index contributed by atoms with van der Waals surface area (Å²) in [5.74, 6) is 0.0351. The van der Waals surface area contributed by atoms with E-state index in [1.807, 2.05) is 39.0 Å². The van der Waals surface area contributed by atoms with Crippen LogP contribution in [-0.2, 0) is 23.1 Å². The van der Waals surface area contributed by atoms with Gasteiger partial charge in [0.1, 0.15) is 5.75 Å². The lowest BCUT2D eigenvalue weighted by molar-refractivity contribution is 0.338. The fourth-order valence-electron chi connectivity index (χ4n) is 5.83. The molecule has 6 rings (SSSR count). The zero-order chi connectivity index (χ0) is 34.0. The SMILES string of the molecule is CCOc1cc2c(cc1C)S/C(=C/C=c1\sc(=Cc3sc(-c4ccccc4)c(-c4ccccc4)c3CC)n(CC)c1=O)N2CS(=O)(=O)O. The first kappa shape index (κ1) is 34.0. The number of anilines is 1. The third-order valence-corrected chi connectivity index (χ3v) is 12.0. The van der Waals surface area contributed by atoms with Gasteiger partial charge in [0.15, 0.2) is 5.88 Å². The number of aromatic nitrogens is 1. The summed E-state index contributed by atoms with van der Waals surface area (Å²) in [6, 6.07) is 24.6. The molecule has 0 amide bonds. The summed E-state index contributed by atoms with van der Waals surface area (Å²) in [7, 11) is -4.35. The number of ether oxygens (including phenoxy) is 1. The van der Waals surface area contributed by atoms with Crippen molar-refractivity contribution in [2.75, 3.05) is 17.4 Å². The molecule has 5 aromatic rings. The second-order valence-corrected chi connectivity index (χ2v) is 15.8. The molecule has 0 radical (unpaired) electrons. The average Bonchev–Trinajstić information content (AvgIpc) is 3.70. The van der Waals surface area contributed by atoms with Gasteiger partial charge in [-0.3, -0.25) is 13.9 Å².